The molecule has 3 fully saturated rings. The lowest BCUT2D eigenvalue weighted by molar-refractivity contribution is -0.121. The van der Waals surface area contributed by atoms with Crippen LogP contribution >= 0.6 is 11.3 Å². The first-order valence-electron chi connectivity index (χ1n) is 16.0. The Balaban J connectivity index is 1.21. The van der Waals surface area contributed by atoms with Crippen LogP contribution in [0.3, 0.4) is 0 Å². The molecule has 0 spiro atoms. The highest BCUT2D eigenvalue weighted by Gasteiger charge is 2.31. The number of anilines is 2. The van der Waals surface area contributed by atoms with E-state index in [0.717, 1.165) is 118 Å². The second-order valence-electron chi connectivity index (χ2n) is 12.6. The van der Waals surface area contributed by atoms with E-state index in [1.807, 2.05) is 18.3 Å². The maximum atomic E-state index is 13.6. The van der Waals surface area contributed by atoms with Gasteiger partial charge in [-0.1, -0.05) is 6.07 Å². The Morgan fingerprint density at radius 1 is 1.02 bits per heavy atom. The average molecular weight is 607 g/mol. The number of aromatic nitrogens is 2. The summed E-state index contributed by atoms with van der Waals surface area (Å²) in [5.74, 6) is 1.69. The van der Waals surface area contributed by atoms with Gasteiger partial charge >= 0.3 is 0 Å². The Hall–Kier alpha value is -2.79. The zero-order valence-electron chi connectivity index (χ0n) is 25.7. The number of fused-ring (bicyclic) bond motifs is 1. The summed E-state index contributed by atoms with van der Waals surface area (Å²) in [5, 5.41) is 14.3. The molecule has 0 radical (unpaired) electrons. The van der Waals surface area contributed by atoms with Gasteiger partial charge in [0.2, 0.25) is 0 Å². The van der Waals surface area contributed by atoms with Crippen molar-refractivity contribution in [2.24, 2.45) is 5.92 Å². The maximum absolute atomic E-state index is 13.6. The van der Waals surface area contributed by atoms with Crippen LogP contribution < -0.4 is 14.5 Å². The van der Waals surface area contributed by atoms with E-state index in [9.17, 15) is 9.90 Å². The predicted molar refractivity (Wildman–Crippen MR) is 173 cm³/mol. The molecule has 2 aromatic heterocycles. The molecule has 232 valence electrons. The third-order valence-corrected chi connectivity index (χ3v) is 10.5. The summed E-state index contributed by atoms with van der Waals surface area (Å²) in [6, 6.07) is 8.16. The van der Waals surface area contributed by atoms with E-state index in [4.69, 9.17) is 14.7 Å². The molecular weight excluding hydrogens is 560 g/mol. The van der Waals surface area contributed by atoms with Gasteiger partial charge in [0.25, 0.3) is 0 Å². The number of rotatable bonds is 9. The Morgan fingerprint density at radius 2 is 1.84 bits per heavy atom. The number of aliphatic hydroxyl groups is 1. The standard InChI is InChI=1S/C33H46N6O3S/c1-36-15-8-24(9-16-36)21-27(41)22-29(28-23-43-33(35-28)39-17-10-26(40)11-18-39)37-13-4-14-38(20-19-37)32-30(42-2)7-6-25-5-3-12-34-31(25)32/h3,5-7,12,23-24,26,29,40H,4,8-11,13-22H2,1-2H3. The van der Waals surface area contributed by atoms with Gasteiger partial charge in [0.15, 0.2) is 5.13 Å². The molecular formula is C33H46N6O3S. The number of Topliss-reactive ketones (excluding diaryl/α,β-unsaturated/α-hetero) is 1. The van der Waals surface area contributed by atoms with E-state index in [-0.39, 0.29) is 12.1 Å². The van der Waals surface area contributed by atoms with Crippen LogP contribution in [0.1, 0.15) is 56.7 Å². The number of carbonyl (C=O) groups is 1. The highest BCUT2D eigenvalue weighted by Crippen LogP contribution is 2.37. The van der Waals surface area contributed by atoms with Crippen molar-refractivity contribution in [2.75, 3.05) is 76.3 Å². The van der Waals surface area contributed by atoms with Gasteiger partial charge in [-0.05, 0) is 76.4 Å². The predicted octanol–water partition coefficient (Wildman–Crippen LogP) is 4.61. The van der Waals surface area contributed by atoms with Crippen molar-refractivity contribution in [1.29, 1.82) is 0 Å². The molecule has 3 aromatic rings. The summed E-state index contributed by atoms with van der Waals surface area (Å²) < 4.78 is 5.82. The second-order valence-corrected chi connectivity index (χ2v) is 13.4. The van der Waals surface area contributed by atoms with Crippen molar-refractivity contribution in [3.8, 4) is 5.75 Å². The number of methoxy groups -OCH3 is 1. The Kier molecular flexibility index (Phi) is 9.77. The molecule has 43 heavy (non-hydrogen) atoms. The molecule has 0 aliphatic carbocycles. The Bertz CT molecular complexity index is 1370. The Morgan fingerprint density at radius 3 is 2.63 bits per heavy atom. The van der Waals surface area contributed by atoms with Crippen LogP contribution in [0.5, 0.6) is 5.75 Å². The summed E-state index contributed by atoms with van der Waals surface area (Å²) in [4.78, 5) is 33.1. The van der Waals surface area contributed by atoms with E-state index in [1.54, 1.807) is 18.4 Å². The molecule has 3 aliphatic heterocycles. The number of nitrogens with zero attached hydrogens (tertiary/aromatic N) is 6. The topological polar surface area (TPSA) is 85.3 Å². The van der Waals surface area contributed by atoms with Gasteiger partial charge in [-0.2, -0.15) is 0 Å². The van der Waals surface area contributed by atoms with Crippen molar-refractivity contribution < 1.29 is 14.6 Å². The van der Waals surface area contributed by atoms with Crippen LogP contribution in [0, 0.1) is 5.92 Å². The Labute approximate surface area is 259 Å². The molecule has 0 bridgehead atoms. The fourth-order valence-electron chi connectivity index (χ4n) is 6.99. The van der Waals surface area contributed by atoms with Gasteiger partial charge < -0.3 is 24.5 Å². The summed E-state index contributed by atoms with van der Waals surface area (Å²) in [5.41, 5.74) is 3.04. The van der Waals surface area contributed by atoms with Gasteiger partial charge in [-0.15, -0.1) is 11.3 Å². The molecule has 1 aromatic carbocycles. The molecule has 6 rings (SSSR count). The first-order valence-corrected chi connectivity index (χ1v) is 16.9. The van der Waals surface area contributed by atoms with Crippen LogP contribution in [0.15, 0.2) is 35.8 Å². The van der Waals surface area contributed by atoms with Crippen LogP contribution in [-0.2, 0) is 4.79 Å². The van der Waals surface area contributed by atoms with E-state index >= 15 is 0 Å². The van der Waals surface area contributed by atoms with Crippen LogP contribution in [0.4, 0.5) is 10.8 Å². The molecule has 0 saturated carbocycles. The van der Waals surface area contributed by atoms with Gasteiger partial charge in [-0.3, -0.25) is 14.7 Å². The van der Waals surface area contributed by atoms with Crippen LogP contribution in [0.25, 0.3) is 10.9 Å². The lowest BCUT2D eigenvalue weighted by atomic mass is 9.89. The zero-order valence-corrected chi connectivity index (χ0v) is 26.5. The monoisotopic (exact) mass is 606 g/mol. The zero-order chi connectivity index (χ0) is 29.8. The number of carbonyl (C=O) groups excluding carboxylic acids is 1. The second kappa shape index (κ2) is 13.9. The van der Waals surface area contributed by atoms with Crippen LogP contribution in [0.2, 0.25) is 0 Å². The number of pyridine rings is 1. The largest absolute Gasteiger partial charge is 0.494 e. The number of aliphatic hydroxyl groups excluding tert-OH is 1. The molecule has 3 aliphatic rings. The normalized spacial score (nSPS) is 20.8. The van der Waals surface area contributed by atoms with Gasteiger partial charge in [0, 0.05) is 69.1 Å². The number of benzene rings is 1. The van der Waals surface area contributed by atoms with E-state index < -0.39 is 0 Å². The van der Waals surface area contributed by atoms with E-state index in [0.29, 0.717) is 24.5 Å². The van der Waals surface area contributed by atoms with Gasteiger partial charge in [0.1, 0.15) is 17.2 Å². The minimum atomic E-state index is -0.212. The first kappa shape index (κ1) is 30.2. The summed E-state index contributed by atoms with van der Waals surface area (Å²) >= 11 is 1.68. The maximum Gasteiger partial charge on any atom is 0.185 e. The summed E-state index contributed by atoms with van der Waals surface area (Å²) in [6.45, 7) is 7.28. The van der Waals surface area contributed by atoms with Crippen molar-refractivity contribution >= 4 is 38.8 Å². The number of ketones is 1. The number of piperidine rings is 2. The van der Waals surface area contributed by atoms with Crippen molar-refractivity contribution in [2.45, 2.75) is 57.1 Å². The van der Waals surface area contributed by atoms with Crippen molar-refractivity contribution in [1.82, 2.24) is 19.8 Å². The molecule has 5 heterocycles. The minimum absolute atomic E-state index is 0.0355. The molecule has 1 atom stereocenters. The highest BCUT2D eigenvalue weighted by molar-refractivity contribution is 7.13. The lowest BCUT2D eigenvalue weighted by Crippen LogP contribution is -2.36. The number of likely N-dealkylation sites (tertiary alicyclic amines) is 1. The van der Waals surface area contributed by atoms with Crippen molar-refractivity contribution in [3.63, 3.8) is 0 Å². The third kappa shape index (κ3) is 7.14. The minimum Gasteiger partial charge on any atom is -0.494 e. The van der Waals surface area contributed by atoms with Crippen LogP contribution in [-0.4, -0.2) is 103 Å². The van der Waals surface area contributed by atoms with Crippen molar-refractivity contribution in [3.05, 3.63) is 41.5 Å². The molecule has 1 N–H and O–H groups in total. The van der Waals surface area contributed by atoms with E-state index in [2.05, 4.69) is 44.2 Å². The number of thiazole rings is 1. The highest BCUT2D eigenvalue weighted by atomic mass is 32.1. The average Bonchev–Trinajstić information content (AvgIpc) is 3.39. The summed E-state index contributed by atoms with van der Waals surface area (Å²) in [7, 11) is 3.90. The number of ether oxygens (including phenoxy) is 1. The molecule has 0 amide bonds. The van der Waals surface area contributed by atoms with Gasteiger partial charge in [-0.25, -0.2) is 4.98 Å². The SMILES string of the molecule is COc1ccc2cccnc2c1N1CCCN(C(CC(=O)CC2CCN(C)CC2)c2csc(N3CCC(O)CC3)n2)CC1. The number of hydrogen-bond acceptors (Lipinski definition) is 10. The first-order chi connectivity index (χ1) is 21.0. The smallest absolute Gasteiger partial charge is 0.185 e. The molecule has 10 heteroatoms. The number of hydrogen-bond donors (Lipinski definition) is 1. The molecule has 3 saturated heterocycles. The quantitative estimate of drug-likeness (QED) is 0.376. The fraction of sp³-hybridized carbons (Fsp3) is 0.606. The van der Waals surface area contributed by atoms with Gasteiger partial charge in [0.05, 0.1) is 30.5 Å². The van der Waals surface area contributed by atoms with E-state index in [1.165, 1.54) is 0 Å². The molecule has 9 nitrogen and oxygen atoms in total. The third-order valence-electron chi connectivity index (χ3n) is 9.58. The lowest BCUT2D eigenvalue weighted by Gasteiger charge is -2.32. The molecule has 1 unspecified atom stereocenters. The fourth-order valence-corrected chi connectivity index (χ4v) is 7.92. The summed E-state index contributed by atoms with van der Waals surface area (Å²) in [6.07, 6.45) is 7.57.